The van der Waals surface area contributed by atoms with Crippen molar-refractivity contribution >= 4 is 17.5 Å². The second-order valence-electron chi connectivity index (χ2n) is 6.36. The fourth-order valence-electron chi connectivity index (χ4n) is 2.90. The molecular weight excluding hydrogens is 360 g/mol. The van der Waals surface area contributed by atoms with Crippen molar-refractivity contribution in [3.63, 3.8) is 0 Å². The zero-order valence-electron chi connectivity index (χ0n) is 15.2. The van der Waals surface area contributed by atoms with Gasteiger partial charge in [-0.15, -0.1) is 0 Å². The Bertz CT molecular complexity index is 996. The van der Waals surface area contributed by atoms with Crippen molar-refractivity contribution in [3.8, 4) is 11.5 Å². The molecule has 0 aliphatic carbocycles. The summed E-state index contributed by atoms with van der Waals surface area (Å²) in [5.41, 5.74) is 2.05. The standard InChI is InChI=1S/C21H18N2O5/c1-23(12-14-4-9-17-19(11-14)28-13-27-17)21(25)15-5-7-16(8-6-15)22-20(24)18-3-2-10-26-18/h2-11H,12-13H2,1H3,(H,22,24). The van der Waals surface area contributed by atoms with Crippen molar-refractivity contribution < 1.29 is 23.5 Å². The summed E-state index contributed by atoms with van der Waals surface area (Å²) in [4.78, 5) is 26.3. The Balaban J connectivity index is 1.39. The zero-order valence-corrected chi connectivity index (χ0v) is 15.2. The van der Waals surface area contributed by atoms with Crippen LogP contribution < -0.4 is 14.8 Å². The molecule has 0 atom stereocenters. The number of benzene rings is 2. The van der Waals surface area contributed by atoms with Gasteiger partial charge < -0.3 is 24.1 Å². The van der Waals surface area contributed by atoms with E-state index in [1.165, 1.54) is 6.26 Å². The first-order chi connectivity index (χ1) is 13.6. The fraction of sp³-hybridized carbons (Fsp3) is 0.143. The Hall–Kier alpha value is -3.74. The zero-order chi connectivity index (χ0) is 19.5. The summed E-state index contributed by atoms with van der Waals surface area (Å²) in [6, 6.07) is 15.6. The lowest BCUT2D eigenvalue weighted by Crippen LogP contribution is -2.26. The summed E-state index contributed by atoms with van der Waals surface area (Å²) < 4.78 is 15.7. The predicted octanol–water partition coefficient (Wildman–Crippen LogP) is 3.53. The van der Waals surface area contributed by atoms with Crippen molar-refractivity contribution in [2.24, 2.45) is 0 Å². The van der Waals surface area contributed by atoms with Gasteiger partial charge in [-0.05, 0) is 54.1 Å². The molecule has 2 amide bonds. The molecule has 1 aromatic heterocycles. The van der Waals surface area contributed by atoms with Gasteiger partial charge in [0.15, 0.2) is 17.3 Å². The average Bonchev–Trinajstić information content (AvgIpc) is 3.39. The van der Waals surface area contributed by atoms with Crippen molar-refractivity contribution in [3.05, 3.63) is 77.7 Å². The molecule has 142 valence electrons. The first-order valence-corrected chi connectivity index (χ1v) is 8.69. The number of hydrogen-bond donors (Lipinski definition) is 1. The number of rotatable bonds is 5. The van der Waals surface area contributed by atoms with Gasteiger partial charge in [-0.3, -0.25) is 9.59 Å². The smallest absolute Gasteiger partial charge is 0.291 e. The molecule has 28 heavy (non-hydrogen) atoms. The molecule has 0 radical (unpaired) electrons. The molecule has 7 heteroatoms. The van der Waals surface area contributed by atoms with Crippen LogP contribution in [0.3, 0.4) is 0 Å². The maximum atomic E-state index is 12.7. The number of ether oxygens (including phenoxy) is 2. The highest BCUT2D eigenvalue weighted by Crippen LogP contribution is 2.32. The molecule has 2 aromatic carbocycles. The summed E-state index contributed by atoms with van der Waals surface area (Å²) >= 11 is 0. The Morgan fingerprint density at radius 1 is 1.04 bits per heavy atom. The summed E-state index contributed by atoms with van der Waals surface area (Å²) in [6.45, 7) is 0.656. The quantitative estimate of drug-likeness (QED) is 0.735. The first kappa shape index (κ1) is 17.7. The Morgan fingerprint density at radius 2 is 1.82 bits per heavy atom. The van der Waals surface area contributed by atoms with Crippen LogP contribution in [0.1, 0.15) is 26.5 Å². The maximum Gasteiger partial charge on any atom is 0.291 e. The number of carbonyl (C=O) groups is 2. The normalized spacial score (nSPS) is 11.9. The van der Waals surface area contributed by atoms with Crippen LogP contribution >= 0.6 is 0 Å². The lowest BCUT2D eigenvalue weighted by atomic mass is 10.1. The third kappa shape index (κ3) is 3.68. The van der Waals surface area contributed by atoms with Crippen LogP contribution in [-0.4, -0.2) is 30.6 Å². The van der Waals surface area contributed by atoms with Gasteiger partial charge in [0.25, 0.3) is 11.8 Å². The Kier molecular flexibility index (Phi) is 4.72. The molecule has 0 unspecified atom stereocenters. The van der Waals surface area contributed by atoms with Crippen molar-refractivity contribution in [2.75, 3.05) is 19.2 Å². The minimum absolute atomic E-state index is 0.124. The maximum absolute atomic E-state index is 12.7. The monoisotopic (exact) mass is 378 g/mol. The second kappa shape index (κ2) is 7.48. The molecule has 2 heterocycles. The Labute approximate surface area is 161 Å². The SMILES string of the molecule is CN(Cc1ccc2c(c1)OCO2)C(=O)c1ccc(NC(=O)c2ccco2)cc1. The number of furan rings is 1. The van der Waals surface area contributed by atoms with E-state index in [0.717, 1.165) is 5.56 Å². The summed E-state index contributed by atoms with van der Waals surface area (Å²) in [6.07, 6.45) is 1.44. The number of amides is 2. The molecule has 1 aliphatic rings. The van der Waals surface area contributed by atoms with Crippen molar-refractivity contribution in [2.45, 2.75) is 6.54 Å². The molecule has 0 fully saturated rings. The van der Waals surface area contributed by atoms with Gasteiger partial charge in [0.05, 0.1) is 6.26 Å². The molecule has 1 aliphatic heterocycles. The lowest BCUT2D eigenvalue weighted by Gasteiger charge is -2.18. The minimum atomic E-state index is -0.344. The number of nitrogens with zero attached hydrogens (tertiary/aromatic N) is 1. The van der Waals surface area contributed by atoms with Crippen LogP contribution in [0.25, 0.3) is 0 Å². The highest BCUT2D eigenvalue weighted by molar-refractivity contribution is 6.02. The topological polar surface area (TPSA) is 81.0 Å². The van der Waals surface area contributed by atoms with E-state index in [-0.39, 0.29) is 24.4 Å². The van der Waals surface area contributed by atoms with Crippen LogP contribution in [0.2, 0.25) is 0 Å². The van der Waals surface area contributed by atoms with Crippen LogP contribution in [-0.2, 0) is 6.54 Å². The van der Waals surface area contributed by atoms with Gasteiger partial charge in [0.2, 0.25) is 6.79 Å². The van der Waals surface area contributed by atoms with Crippen LogP contribution in [0.5, 0.6) is 11.5 Å². The fourth-order valence-corrected chi connectivity index (χ4v) is 2.90. The van der Waals surface area contributed by atoms with Gasteiger partial charge in [-0.2, -0.15) is 0 Å². The molecule has 1 N–H and O–H groups in total. The summed E-state index contributed by atoms with van der Waals surface area (Å²) in [7, 11) is 1.74. The lowest BCUT2D eigenvalue weighted by molar-refractivity contribution is 0.0785. The molecule has 0 bridgehead atoms. The van der Waals surface area contributed by atoms with Gasteiger partial charge in [-0.1, -0.05) is 6.07 Å². The third-order valence-corrected chi connectivity index (χ3v) is 4.34. The van der Waals surface area contributed by atoms with Gasteiger partial charge in [0, 0.05) is 24.8 Å². The van der Waals surface area contributed by atoms with E-state index in [9.17, 15) is 9.59 Å². The van der Waals surface area contributed by atoms with Crippen LogP contribution in [0.4, 0.5) is 5.69 Å². The molecule has 0 saturated heterocycles. The molecule has 0 spiro atoms. The van der Waals surface area contributed by atoms with E-state index in [4.69, 9.17) is 13.9 Å². The number of fused-ring (bicyclic) bond motifs is 1. The third-order valence-electron chi connectivity index (χ3n) is 4.34. The van der Waals surface area contributed by atoms with E-state index in [1.807, 2.05) is 18.2 Å². The van der Waals surface area contributed by atoms with Gasteiger partial charge >= 0.3 is 0 Å². The number of anilines is 1. The van der Waals surface area contributed by atoms with E-state index < -0.39 is 0 Å². The van der Waals surface area contributed by atoms with E-state index in [0.29, 0.717) is 29.3 Å². The number of hydrogen-bond acceptors (Lipinski definition) is 5. The van der Waals surface area contributed by atoms with Crippen molar-refractivity contribution in [1.82, 2.24) is 4.90 Å². The molecular formula is C21H18N2O5. The van der Waals surface area contributed by atoms with E-state index in [1.54, 1.807) is 48.3 Å². The van der Waals surface area contributed by atoms with Gasteiger partial charge in [0.1, 0.15) is 0 Å². The molecule has 3 aromatic rings. The summed E-state index contributed by atoms with van der Waals surface area (Å²) in [5.74, 6) is 1.16. The molecule has 7 nitrogen and oxygen atoms in total. The van der Waals surface area contributed by atoms with E-state index in [2.05, 4.69) is 5.32 Å². The average molecular weight is 378 g/mol. The Morgan fingerprint density at radius 3 is 2.57 bits per heavy atom. The number of nitrogens with one attached hydrogen (secondary N) is 1. The van der Waals surface area contributed by atoms with E-state index >= 15 is 0 Å². The first-order valence-electron chi connectivity index (χ1n) is 8.69. The summed E-state index contributed by atoms with van der Waals surface area (Å²) in [5, 5.41) is 2.72. The minimum Gasteiger partial charge on any atom is -0.459 e. The van der Waals surface area contributed by atoms with Crippen LogP contribution in [0, 0.1) is 0 Å². The molecule has 0 saturated carbocycles. The second-order valence-corrected chi connectivity index (χ2v) is 6.36. The highest BCUT2D eigenvalue weighted by atomic mass is 16.7. The predicted molar refractivity (Wildman–Crippen MR) is 101 cm³/mol. The number of carbonyl (C=O) groups excluding carboxylic acids is 2. The van der Waals surface area contributed by atoms with Crippen molar-refractivity contribution in [1.29, 1.82) is 0 Å². The van der Waals surface area contributed by atoms with Crippen LogP contribution in [0.15, 0.2) is 65.3 Å². The van der Waals surface area contributed by atoms with Gasteiger partial charge in [-0.25, -0.2) is 0 Å². The molecule has 4 rings (SSSR count). The largest absolute Gasteiger partial charge is 0.459 e. The highest BCUT2D eigenvalue weighted by Gasteiger charge is 2.16.